The molecular weight excluding hydrogens is 235 g/mol. The fourth-order valence-electron chi connectivity index (χ4n) is 1.23. The van der Waals surface area contributed by atoms with Crippen LogP contribution in [0.5, 0.6) is 0 Å². The summed E-state index contributed by atoms with van der Waals surface area (Å²) < 4.78 is 0. The normalized spacial score (nSPS) is 15.1. The SMILES string of the molecule is O=C(NCC1CC1)c1cnc(Cl)cc1Cl. The van der Waals surface area contributed by atoms with Crippen LogP contribution in [0.4, 0.5) is 0 Å². The Hall–Kier alpha value is -0.800. The molecule has 0 unspecified atom stereocenters. The van der Waals surface area contributed by atoms with Crippen LogP contribution >= 0.6 is 23.2 Å². The van der Waals surface area contributed by atoms with E-state index in [1.165, 1.54) is 25.1 Å². The first-order valence-electron chi connectivity index (χ1n) is 4.76. The number of carbonyl (C=O) groups is 1. The van der Waals surface area contributed by atoms with E-state index in [9.17, 15) is 4.79 Å². The van der Waals surface area contributed by atoms with E-state index in [0.29, 0.717) is 21.7 Å². The fraction of sp³-hybridized carbons (Fsp3) is 0.400. The second-order valence-corrected chi connectivity index (χ2v) is 4.43. The number of hydrogen-bond acceptors (Lipinski definition) is 2. The topological polar surface area (TPSA) is 42.0 Å². The zero-order valence-electron chi connectivity index (χ0n) is 7.96. The third kappa shape index (κ3) is 2.83. The quantitative estimate of drug-likeness (QED) is 0.831. The van der Waals surface area contributed by atoms with Crippen LogP contribution in [-0.2, 0) is 0 Å². The van der Waals surface area contributed by atoms with Crippen molar-refractivity contribution in [2.24, 2.45) is 5.92 Å². The lowest BCUT2D eigenvalue weighted by molar-refractivity contribution is 0.0951. The Morgan fingerprint density at radius 2 is 2.27 bits per heavy atom. The predicted molar refractivity (Wildman–Crippen MR) is 59.3 cm³/mol. The number of amides is 1. The lowest BCUT2D eigenvalue weighted by Gasteiger charge is -2.05. The number of nitrogens with one attached hydrogen (secondary N) is 1. The van der Waals surface area contributed by atoms with Gasteiger partial charge in [0.1, 0.15) is 5.15 Å². The van der Waals surface area contributed by atoms with Crippen molar-refractivity contribution in [3.63, 3.8) is 0 Å². The van der Waals surface area contributed by atoms with E-state index in [0.717, 1.165) is 6.54 Å². The monoisotopic (exact) mass is 244 g/mol. The van der Waals surface area contributed by atoms with Gasteiger partial charge in [0, 0.05) is 12.7 Å². The summed E-state index contributed by atoms with van der Waals surface area (Å²) in [4.78, 5) is 15.5. The van der Waals surface area contributed by atoms with Crippen molar-refractivity contribution in [1.29, 1.82) is 0 Å². The van der Waals surface area contributed by atoms with Gasteiger partial charge < -0.3 is 5.32 Å². The molecule has 2 rings (SSSR count). The van der Waals surface area contributed by atoms with E-state index >= 15 is 0 Å². The summed E-state index contributed by atoms with van der Waals surface area (Å²) >= 11 is 11.5. The Labute approximate surface area is 97.8 Å². The van der Waals surface area contributed by atoms with Gasteiger partial charge in [0.25, 0.3) is 5.91 Å². The first-order valence-corrected chi connectivity index (χ1v) is 5.51. The largest absolute Gasteiger partial charge is 0.352 e. The molecule has 1 aliphatic rings. The molecule has 1 N–H and O–H groups in total. The molecular formula is C10H10Cl2N2O. The van der Waals surface area contributed by atoms with Crippen molar-refractivity contribution in [3.8, 4) is 0 Å². The van der Waals surface area contributed by atoms with Gasteiger partial charge >= 0.3 is 0 Å². The number of aromatic nitrogens is 1. The van der Waals surface area contributed by atoms with Crippen molar-refractivity contribution >= 4 is 29.1 Å². The van der Waals surface area contributed by atoms with Crippen molar-refractivity contribution in [1.82, 2.24) is 10.3 Å². The molecule has 0 aromatic carbocycles. The van der Waals surface area contributed by atoms with Crippen molar-refractivity contribution in [2.45, 2.75) is 12.8 Å². The summed E-state index contributed by atoms with van der Waals surface area (Å²) in [7, 11) is 0. The highest BCUT2D eigenvalue weighted by Crippen LogP contribution is 2.27. The van der Waals surface area contributed by atoms with Crippen LogP contribution in [0.2, 0.25) is 10.2 Å². The van der Waals surface area contributed by atoms with E-state index in [4.69, 9.17) is 23.2 Å². The lowest BCUT2D eigenvalue weighted by atomic mass is 10.2. The molecule has 15 heavy (non-hydrogen) atoms. The van der Waals surface area contributed by atoms with Crippen molar-refractivity contribution in [2.75, 3.05) is 6.54 Å². The maximum absolute atomic E-state index is 11.6. The molecule has 1 amide bonds. The zero-order valence-corrected chi connectivity index (χ0v) is 9.48. The number of nitrogens with zero attached hydrogens (tertiary/aromatic N) is 1. The number of hydrogen-bond donors (Lipinski definition) is 1. The lowest BCUT2D eigenvalue weighted by Crippen LogP contribution is -2.25. The fourth-order valence-corrected chi connectivity index (χ4v) is 1.68. The predicted octanol–water partition coefficient (Wildman–Crippen LogP) is 2.53. The van der Waals surface area contributed by atoms with Gasteiger partial charge in [0.15, 0.2) is 0 Å². The van der Waals surface area contributed by atoms with Crippen LogP contribution in [0.15, 0.2) is 12.3 Å². The molecule has 0 saturated heterocycles. The Kier molecular flexibility index (Phi) is 3.12. The Morgan fingerprint density at radius 1 is 1.53 bits per heavy atom. The summed E-state index contributed by atoms with van der Waals surface area (Å²) in [5.41, 5.74) is 0.377. The zero-order chi connectivity index (χ0) is 10.8. The molecule has 1 fully saturated rings. The van der Waals surface area contributed by atoms with Crippen LogP contribution in [-0.4, -0.2) is 17.4 Å². The molecule has 3 nitrogen and oxygen atoms in total. The van der Waals surface area contributed by atoms with Crippen LogP contribution in [0.25, 0.3) is 0 Å². The first kappa shape index (κ1) is 10.7. The molecule has 1 aromatic rings. The molecule has 1 aliphatic carbocycles. The Morgan fingerprint density at radius 3 is 2.87 bits per heavy atom. The summed E-state index contributed by atoms with van der Waals surface area (Å²) in [5, 5.41) is 3.44. The van der Waals surface area contributed by atoms with E-state index in [-0.39, 0.29) is 5.91 Å². The highest BCUT2D eigenvalue weighted by Gasteiger charge is 2.22. The molecule has 0 radical (unpaired) electrons. The maximum Gasteiger partial charge on any atom is 0.254 e. The van der Waals surface area contributed by atoms with E-state index in [1.54, 1.807) is 0 Å². The van der Waals surface area contributed by atoms with Gasteiger partial charge in [0.05, 0.1) is 10.6 Å². The summed E-state index contributed by atoms with van der Waals surface area (Å²) in [6.45, 7) is 0.720. The summed E-state index contributed by atoms with van der Waals surface area (Å²) in [6.07, 6.45) is 3.80. The highest BCUT2D eigenvalue weighted by molar-refractivity contribution is 6.36. The van der Waals surface area contributed by atoms with Gasteiger partial charge in [-0.3, -0.25) is 4.79 Å². The van der Waals surface area contributed by atoms with Crippen LogP contribution < -0.4 is 5.32 Å². The third-order valence-electron chi connectivity index (χ3n) is 2.31. The van der Waals surface area contributed by atoms with Crippen LogP contribution in [0.1, 0.15) is 23.2 Å². The van der Waals surface area contributed by atoms with Crippen molar-refractivity contribution in [3.05, 3.63) is 28.0 Å². The van der Waals surface area contributed by atoms with E-state index < -0.39 is 0 Å². The number of pyridine rings is 1. The molecule has 1 saturated carbocycles. The van der Waals surface area contributed by atoms with E-state index in [1.807, 2.05) is 0 Å². The van der Waals surface area contributed by atoms with Crippen LogP contribution in [0.3, 0.4) is 0 Å². The molecule has 80 valence electrons. The maximum atomic E-state index is 11.6. The number of halogens is 2. The molecule has 0 aliphatic heterocycles. The molecule has 5 heteroatoms. The molecule has 0 spiro atoms. The van der Waals surface area contributed by atoms with Gasteiger partial charge in [-0.25, -0.2) is 4.98 Å². The van der Waals surface area contributed by atoms with Gasteiger partial charge in [-0.15, -0.1) is 0 Å². The minimum atomic E-state index is -0.184. The van der Waals surface area contributed by atoms with E-state index in [2.05, 4.69) is 10.3 Å². The van der Waals surface area contributed by atoms with Gasteiger partial charge in [-0.2, -0.15) is 0 Å². The summed E-state index contributed by atoms with van der Waals surface area (Å²) in [6, 6.07) is 1.47. The molecule has 0 bridgehead atoms. The standard InChI is InChI=1S/C10H10Cl2N2O/c11-8-3-9(12)13-5-7(8)10(15)14-4-6-1-2-6/h3,5-6H,1-2,4H2,(H,14,15). The minimum absolute atomic E-state index is 0.184. The Bertz CT molecular complexity index is 391. The molecule has 1 aromatic heterocycles. The van der Waals surface area contributed by atoms with Gasteiger partial charge in [-0.1, -0.05) is 23.2 Å². The van der Waals surface area contributed by atoms with Crippen molar-refractivity contribution < 1.29 is 4.79 Å². The van der Waals surface area contributed by atoms with Gasteiger partial charge in [-0.05, 0) is 24.8 Å². The first-order chi connectivity index (χ1) is 7.16. The second-order valence-electron chi connectivity index (χ2n) is 3.64. The number of rotatable bonds is 3. The minimum Gasteiger partial charge on any atom is -0.352 e. The Balaban J connectivity index is 2.03. The molecule has 1 heterocycles. The third-order valence-corrected chi connectivity index (χ3v) is 2.83. The molecule has 0 atom stereocenters. The van der Waals surface area contributed by atoms with Gasteiger partial charge in [0.2, 0.25) is 0 Å². The average molecular weight is 245 g/mol. The average Bonchev–Trinajstić information content (AvgIpc) is 2.97. The smallest absolute Gasteiger partial charge is 0.254 e. The highest BCUT2D eigenvalue weighted by atomic mass is 35.5. The van der Waals surface area contributed by atoms with Crippen LogP contribution in [0, 0.1) is 5.92 Å². The second kappa shape index (κ2) is 4.37. The summed E-state index contributed by atoms with van der Waals surface area (Å²) in [5.74, 6) is 0.462. The number of carbonyl (C=O) groups excluding carboxylic acids is 1.